The molecule has 0 aromatic heterocycles. The van der Waals surface area contributed by atoms with Gasteiger partial charge in [0.25, 0.3) is 0 Å². The fourth-order valence-electron chi connectivity index (χ4n) is 4.55. The highest BCUT2D eigenvalue weighted by molar-refractivity contribution is 5.53. The van der Waals surface area contributed by atoms with Crippen LogP contribution in [0.3, 0.4) is 0 Å². The predicted octanol–water partition coefficient (Wildman–Crippen LogP) is 0.662. The number of benzene rings is 1. The van der Waals surface area contributed by atoms with Gasteiger partial charge in [-0.15, -0.1) is 0 Å². The van der Waals surface area contributed by atoms with Gasteiger partial charge in [-0.05, 0) is 28.8 Å². The molecule has 0 saturated heterocycles. The Kier molecular flexibility index (Phi) is 3.80. The van der Waals surface area contributed by atoms with Crippen LogP contribution in [0.5, 0.6) is 11.5 Å². The van der Waals surface area contributed by atoms with Gasteiger partial charge in [0, 0.05) is 32.2 Å². The van der Waals surface area contributed by atoms with E-state index in [0.29, 0.717) is 11.5 Å². The van der Waals surface area contributed by atoms with Gasteiger partial charge in [0.2, 0.25) is 0 Å². The predicted molar refractivity (Wildman–Crippen MR) is 87.4 cm³/mol. The largest absolute Gasteiger partial charge is 0.493 e. The van der Waals surface area contributed by atoms with Crippen LogP contribution in [0, 0.1) is 0 Å². The maximum absolute atomic E-state index is 10.9. The van der Waals surface area contributed by atoms with E-state index in [1.54, 1.807) is 14.2 Å². The maximum Gasteiger partial charge on any atom is 0.161 e. The second kappa shape index (κ2) is 5.74. The van der Waals surface area contributed by atoms with Crippen molar-refractivity contribution in [3.8, 4) is 11.5 Å². The molecule has 4 rings (SSSR count). The van der Waals surface area contributed by atoms with E-state index < -0.39 is 18.3 Å². The lowest BCUT2D eigenvalue weighted by Crippen LogP contribution is -2.58. The molecule has 1 saturated carbocycles. The summed E-state index contributed by atoms with van der Waals surface area (Å²) in [6.07, 6.45) is -0.111. The fraction of sp³-hybridized carbons (Fsp3) is 0.556. The van der Waals surface area contributed by atoms with Crippen molar-refractivity contribution in [1.29, 1.82) is 0 Å². The van der Waals surface area contributed by atoms with E-state index in [9.17, 15) is 10.2 Å². The molecule has 0 radical (unpaired) electrons. The number of aliphatic hydroxyl groups excluding tert-OH is 2. The number of fused-ring (bicyclic) bond motifs is 2. The first-order valence-corrected chi connectivity index (χ1v) is 8.18. The zero-order valence-corrected chi connectivity index (χ0v) is 14.1. The van der Waals surface area contributed by atoms with Gasteiger partial charge in [-0.3, -0.25) is 4.90 Å². The van der Waals surface area contributed by atoms with Crippen LogP contribution in [-0.4, -0.2) is 67.3 Å². The topological polar surface area (TPSA) is 71.4 Å². The van der Waals surface area contributed by atoms with Crippen LogP contribution in [0.15, 0.2) is 23.8 Å². The summed E-state index contributed by atoms with van der Waals surface area (Å²) in [6, 6.07) is 3.95. The first kappa shape index (κ1) is 15.9. The van der Waals surface area contributed by atoms with Crippen LogP contribution < -0.4 is 9.47 Å². The quantitative estimate of drug-likeness (QED) is 0.792. The molecule has 2 heterocycles. The van der Waals surface area contributed by atoms with Crippen molar-refractivity contribution < 1.29 is 24.4 Å². The number of hydrogen-bond acceptors (Lipinski definition) is 6. The highest BCUT2D eigenvalue weighted by atomic mass is 16.5. The van der Waals surface area contributed by atoms with Crippen LogP contribution in [0.25, 0.3) is 0 Å². The smallest absolute Gasteiger partial charge is 0.161 e. The third-order valence-electron chi connectivity index (χ3n) is 5.64. The van der Waals surface area contributed by atoms with Crippen LogP contribution in [0.2, 0.25) is 0 Å². The first-order valence-electron chi connectivity index (χ1n) is 8.18. The molecule has 2 aliphatic heterocycles. The lowest BCUT2D eigenvalue weighted by Gasteiger charge is -2.49. The third kappa shape index (κ3) is 2.04. The number of nitrogens with zero attached hydrogens (tertiary/aromatic N) is 1. The molecule has 6 nitrogen and oxygen atoms in total. The van der Waals surface area contributed by atoms with Crippen molar-refractivity contribution in [2.45, 2.75) is 36.8 Å². The second-order valence-electron chi connectivity index (χ2n) is 6.65. The van der Waals surface area contributed by atoms with E-state index in [0.717, 1.165) is 29.8 Å². The van der Waals surface area contributed by atoms with Gasteiger partial charge in [-0.2, -0.15) is 0 Å². The number of ether oxygens (including phenoxy) is 3. The Morgan fingerprint density at radius 3 is 2.46 bits per heavy atom. The Bertz CT molecular complexity index is 688. The van der Waals surface area contributed by atoms with Crippen molar-refractivity contribution in [1.82, 2.24) is 4.90 Å². The summed E-state index contributed by atoms with van der Waals surface area (Å²) in [5.41, 5.74) is 3.12. The number of methoxy groups -OCH3 is 3. The summed E-state index contributed by atoms with van der Waals surface area (Å²) in [4.78, 5) is 2.28. The van der Waals surface area contributed by atoms with Crippen LogP contribution >= 0.6 is 0 Å². The highest BCUT2D eigenvalue weighted by Gasteiger charge is 2.53. The van der Waals surface area contributed by atoms with Crippen molar-refractivity contribution in [3.63, 3.8) is 0 Å². The van der Waals surface area contributed by atoms with Crippen molar-refractivity contribution >= 4 is 0 Å². The van der Waals surface area contributed by atoms with Gasteiger partial charge < -0.3 is 24.4 Å². The van der Waals surface area contributed by atoms with Crippen molar-refractivity contribution in [3.05, 3.63) is 34.9 Å². The van der Waals surface area contributed by atoms with Gasteiger partial charge in [0.05, 0.1) is 20.3 Å². The molecule has 1 aliphatic carbocycles. The summed E-state index contributed by atoms with van der Waals surface area (Å²) in [5, 5.41) is 21.5. The summed E-state index contributed by atoms with van der Waals surface area (Å²) in [5.74, 6) is 1.19. The summed E-state index contributed by atoms with van der Waals surface area (Å²) >= 11 is 0. The Balaban J connectivity index is 1.85. The van der Waals surface area contributed by atoms with Crippen LogP contribution in [0.1, 0.15) is 17.0 Å². The minimum atomic E-state index is -0.787. The molecule has 5 atom stereocenters. The van der Waals surface area contributed by atoms with Gasteiger partial charge in [-0.25, -0.2) is 0 Å². The van der Waals surface area contributed by atoms with E-state index in [1.807, 2.05) is 12.1 Å². The number of hydrogen-bond donors (Lipinski definition) is 2. The molecular formula is C18H23NO5. The molecule has 0 spiro atoms. The minimum Gasteiger partial charge on any atom is -0.493 e. The maximum atomic E-state index is 10.9. The molecule has 6 heteroatoms. The zero-order chi connectivity index (χ0) is 17.0. The van der Waals surface area contributed by atoms with E-state index >= 15 is 0 Å². The van der Waals surface area contributed by atoms with Gasteiger partial charge in [0.15, 0.2) is 11.5 Å². The average Bonchev–Trinajstić information content (AvgIpc) is 3.01. The molecule has 2 N–H and O–H groups in total. The lowest BCUT2D eigenvalue weighted by molar-refractivity contribution is -0.108. The van der Waals surface area contributed by atoms with E-state index in [-0.39, 0.29) is 12.0 Å². The Morgan fingerprint density at radius 1 is 1.08 bits per heavy atom. The summed E-state index contributed by atoms with van der Waals surface area (Å²) in [7, 11) is 4.76. The summed E-state index contributed by atoms with van der Waals surface area (Å²) in [6.45, 7) is 1.53. The molecular weight excluding hydrogens is 310 g/mol. The molecule has 1 aromatic rings. The van der Waals surface area contributed by atoms with Gasteiger partial charge in [-0.1, -0.05) is 6.08 Å². The standard InChI is InChI=1S/C18H23NO5/c1-22-12-6-9-8-19-5-4-10-15(19)14(11(9)7-13(12)23-2)17(21)18(24-3)16(10)20/h4,6-7,14-18,20-21H,5,8H2,1-3H3/t14-,15-,16-,17+,18+/m1/s1. The SMILES string of the molecule is COc1cc2c(cc1OC)[C@H]1[C@H](O)[C@@H](OC)[C@H](O)C3=CCN(C2)[C@H]31. The van der Waals surface area contributed by atoms with Crippen molar-refractivity contribution in [2.75, 3.05) is 27.9 Å². The Morgan fingerprint density at radius 2 is 1.79 bits per heavy atom. The molecule has 1 fully saturated rings. The normalized spacial score (nSPS) is 34.4. The molecule has 1 aromatic carbocycles. The number of rotatable bonds is 3. The van der Waals surface area contributed by atoms with Crippen LogP contribution in [-0.2, 0) is 11.3 Å². The minimum absolute atomic E-state index is 0.00648. The molecule has 0 amide bonds. The molecule has 0 bridgehead atoms. The second-order valence-corrected chi connectivity index (χ2v) is 6.65. The van der Waals surface area contributed by atoms with Gasteiger partial charge >= 0.3 is 0 Å². The Labute approximate surface area is 141 Å². The monoisotopic (exact) mass is 333 g/mol. The first-order chi connectivity index (χ1) is 11.6. The van der Waals surface area contributed by atoms with E-state index in [1.165, 1.54) is 7.11 Å². The van der Waals surface area contributed by atoms with Crippen LogP contribution in [0.4, 0.5) is 0 Å². The fourth-order valence-corrected chi connectivity index (χ4v) is 4.55. The van der Waals surface area contributed by atoms with E-state index in [4.69, 9.17) is 14.2 Å². The lowest BCUT2D eigenvalue weighted by atomic mass is 9.70. The average molecular weight is 333 g/mol. The van der Waals surface area contributed by atoms with Gasteiger partial charge in [0.1, 0.15) is 12.2 Å². The molecule has 3 aliphatic rings. The number of aliphatic hydroxyl groups is 2. The third-order valence-corrected chi connectivity index (χ3v) is 5.64. The summed E-state index contributed by atoms with van der Waals surface area (Å²) < 4.78 is 16.3. The van der Waals surface area contributed by atoms with Crippen molar-refractivity contribution in [2.24, 2.45) is 0 Å². The Hall–Kier alpha value is -1.60. The highest BCUT2D eigenvalue weighted by Crippen LogP contribution is 2.49. The molecule has 130 valence electrons. The molecule has 0 unspecified atom stereocenters. The zero-order valence-electron chi connectivity index (χ0n) is 14.1. The van der Waals surface area contributed by atoms with E-state index in [2.05, 4.69) is 11.0 Å². The molecule has 24 heavy (non-hydrogen) atoms.